The van der Waals surface area contributed by atoms with Crippen molar-refractivity contribution in [3.05, 3.63) is 39.4 Å². The van der Waals surface area contributed by atoms with Crippen molar-refractivity contribution in [2.45, 2.75) is 11.9 Å². The molecule has 0 amide bonds. The fourth-order valence-electron chi connectivity index (χ4n) is 1.49. The first-order valence-electron chi connectivity index (χ1n) is 5.54. The highest BCUT2D eigenvalue weighted by Crippen LogP contribution is 2.26. The molecule has 0 bridgehead atoms. The summed E-state index contributed by atoms with van der Waals surface area (Å²) in [5.41, 5.74) is -0.504. The third-order valence-electron chi connectivity index (χ3n) is 2.63. The molecule has 112 valence electrons. The quantitative estimate of drug-likeness (QED) is 0.514. The van der Waals surface area contributed by atoms with E-state index in [1.165, 1.54) is 16.8 Å². The van der Waals surface area contributed by atoms with Crippen molar-refractivity contribution in [3.8, 4) is 0 Å². The molecule has 9 nitrogen and oxygen atoms in total. The molecular weight excluding hydrogens is 322 g/mol. The number of imidazole rings is 1. The Kier molecular flexibility index (Phi) is 3.83. The number of halogens is 1. The highest BCUT2D eigenvalue weighted by Gasteiger charge is 2.24. The predicted octanol–water partition coefficient (Wildman–Crippen LogP) is 1.49. The van der Waals surface area contributed by atoms with E-state index in [1.807, 2.05) is 4.72 Å². The van der Waals surface area contributed by atoms with Crippen molar-refractivity contribution in [3.63, 3.8) is 0 Å². The molecular formula is C10H10ClN5O4S. The predicted molar refractivity (Wildman–Crippen MR) is 74.7 cm³/mol. The Balaban J connectivity index is 2.45. The standard InChI is InChI=1S/C10H10ClN5O4S/c1-6-12-9(5-15(6)2)21(19,20)14-10-7(16(17)18)3-4-8(11)13-10/h3-5H,1-2H3,(H,13,14). The van der Waals surface area contributed by atoms with Crippen LogP contribution < -0.4 is 4.72 Å². The zero-order valence-electron chi connectivity index (χ0n) is 10.9. The number of nitro groups is 1. The summed E-state index contributed by atoms with van der Waals surface area (Å²) in [6.45, 7) is 1.62. The molecule has 0 radical (unpaired) electrons. The highest BCUT2D eigenvalue weighted by atomic mass is 35.5. The minimum atomic E-state index is -4.10. The number of nitrogens with zero attached hydrogens (tertiary/aromatic N) is 4. The van der Waals surface area contributed by atoms with Crippen LogP contribution in [0.5, 0.6) is 0 Å². The fourth-order valence-corrected chi connectivity index (χ4v) is 2.69. The number of anilines is 1. The molecule has 21 heavy (non-hydrogen) atoms. The molecule has 2 rings (SSSR count). The number of rotatable bonds is 4. The fraction of sp³-hybridized carbons (Fsp3) is 0.200. The Morgan fingerprint density at radius 2 is 2.05 bits per heavy atom. The van der Waals surface area contributed by atoms with Gasteiger partial charge in [0.15, 0.2) is 5.03 Å². The van der Waals surface area contributed by atoms with Crippen molar-refractivity contribution >= 4 is 33.1 Å². The molecule has 2 aromatic heterocycles. The molecule has 0 spiro atoms. The molecule has 0 saturated heterocycles. The smallest absolute Gasteiger partial charge is 0.312 e. The number of aryl methyl sites for hydroxylation is 2. The molecule has 2 aromatic rings. The Morgan fingerprint density at radius 3 is 2.57 bits per heavy atom. The summed E-state index contributed by atoms with van der Waals surface area (Å²) in [5.74, 6) is 0.0136. The van der Waals surface area contributed by atoms with Gasteiger partial charge >= 0.3 is 5.69 Å². The van der Waals surface area contributed by atoms with Crippen LogP contribution in [0.4, 0.5) is 11.5 Å². The number of nitrogens with one attached hydrogen (secondary N) is 1. The van der Waals surface area contributed by atoms with Crippen LogP contribution in [-0.4, -0.2) is 27.9 Å². The summed E-state index contributed by atoms with van der Waals surface area (Å²) >= 11 is 5.64. The van der Waals surface area contributed by atoms with Gasteiger partial charge in [0, 0.05) is 19.3 Å². The van der Waals surface area contributed by atoms with Gasteiger partial charge in [-0.1, -0.05) is 11.6 Å². The van der Waals surface area contributed by atoms with Crippen LogP contribution in [-0.2, 0) is 17.1 Å². The second-order valence-corrected chi connectivity index (χ2v) is 6.12. The largest absolute Gasteiger partial charge is 0.337 e. The van der Waals surface area contributed by atoms with E-state index in [2.05, 4.69) is 9.97 Å². The second kappa shape index (κ2) is 5.30. The molecule has 0 aliphatic carbocycles. The number of hydrogen-bond donors (Lipinski definition) is 1. The van der Waals surface area contributed by atoms with Crippen molar-refractivity contribution in [1.29, 1.82) is 0 Å². The van der Waals surface area contributed by atoms with E-state index in [0.29, 0.717) is 5.82 Å². The SMILES string of the molecule is Cc1nc(S(=O)(=O)Nc2nc(Cl)ccc2[N+](=O)[O-])cn1C. The Bertz CT molecular complexity index is 797. The maximum Gasteiger partial charge on any atom is 0.312 e. The first kappa shape index (κ1) is 15.2. The van der Waals surface area contributed by atoms with Crippen LogP contribution in [0.25, 0.3) is 0 Å². The number of sulfonamides is 1. The summed E-state index contributed by atoms with van der Waals surface area (Å²) in [5, 5.41) is 10.5. The van der Waals surface area contributed by atoms with Gasteiger partial charge < -0.3 is 4.57 Å². The van der Waals surface area contributed by atoms with Crippen molar-refractivity contribution in [2.75, 3.05) is 4.72 Å². The summed E-state index contributed by atoms with van der Waals surface area (Å²) in [4.78, 5) is 17.6. The lowest BCUT2D eigenvalue weighted by molar-refractivity contribution is -0.384. The molecule has 2 heterocycles. The Hall–Kier alpha value is -2.20. The molecule has 0 aliphatic heterocycles. The van der Waals surface area contributed by atoms with Gasteiger partial charge in [-0.05, 0) is 13.0 Å². The van der Waals surface area contributed by atoms with Crippen molar-refractivity contribution < 1.29 is 13.3 Å². The summed E-state index contributed by atoms with van der Waals surface area (Å²) in [7, 11) is -2.47. The van der Waals surface area contributed by atoms with Gasteiger partial charge in [-0.3, -0.25) is 14.8 Å². The molecule has 1 N–H and O–H groups in total. The van der Waals surface area contributed by atoms with Gasteiger partial charge in [0.05, 0.1) is 4.92 Å². The van der Waals surface area contributed by atoms with Gasteiger partial charge in [-0.15, -0.1) is 0 Å². The highest BCUT2D eigenvalue weighted by molar-refractivity contribution is 7.92. The molecule has 0 unspecified atom stereocenters. The third kappa shape index (κ3) is 3.11. The lowest BCUT2D eigenvalue weighted by Gasteiger charge is -2.05. The zero-order valence-corrected chi connectivity index (χ0v) is 12.5. The molecule has 11 heteroatoms. The lowest BCUT2D eigenvalue weighted by Crippen LogP contribution is -2.15. The average molecular weight is 332 g/mol. The van der Waals surface area contributed by atoms with Crippen LogP contribution in [0, 0.1) is 17.0 Å². The van der Waals surface area contributed by atoms with Crippen molar-refractivity contribution in [1.82, 2.24) is 14.5 Å². The van der Waals surface area contributed by atoms with E-state index in [-0.39, 0.29) is 10.2 Å². The van der Waals surface area contributed by atoms with E-state index < -0.39 is 26.5 Å². The Labute approximate surface area is 124 Å². The molecule has 0 atom stereocenters. The van der Waals surface area contributed by atoms with Crippen molar-refractivity contribution in [2.24, 2.45) is 7.05 Å². The van der Waals surface area contributed by atoms with E-state index >= 15 is 0 Å². The van der Waals surface area contributed by atoms with Crippen LogP contribution in [0.3, 0.4) is 0 Å². The monoisotopic (exact) mass is 331 g/mol. The minimum Gasteiger partial charge on any atom is -0.337 e. The van der Waals surface area contributed by atoms with Crippen LogP contribution in [0.1, 0.15) is 5.82 Å². The number of pyridine rings is 1. The second-order valence-electron chi connectivity index (χ2n) is 4.10. The van der Waals surface area contributed by atoms with Gasteiger partial charge in [0.1, 0.15) is 11.0 Å². The van der Waals surface area contributed by atoms with Gasteiger partial charge in [-0.2, -0.15) is 8.42 Å². The first-order chi connectivity index (χ1) is 9.70. The molecule has 0 aromatic carbocycles. The van der Waals surface area contributed by atoms with Gasteiger partial charge in [0.2, 0.25) is 5.82 Å². The zero-order chi connectivity index (χ0) is 15.8. The summed E-state index contributed by atoms with van der Waals surface area (Å²) in [6.07, 6.45) is 1.29. The topological polar surface area (TPSA) is 120 Å². The summed E-state index contributed by atoms with van der Waals surface area (Å²) < 4.78 is 27.9. The van der Waals surface area contributed by atoms with Crippen LogP contribution in [0.2, 0.25) is 5.15 Å². The Morgan fingerprint density at radius 1 is 1.38 bits per heavy atom. The maximum atomic E-state index is 12.2. The van der Waals surface area contributed by atoms with E-state index in [4.69, 9.17) is 11.6 Å². The lowest BCUT2D eigenvalue weighted by atomic mass is 10.4. The van der Waals surface area contributed by atoms with E-state index in [1.54, 1.807) is 14.0 Å². The molecule has 0 saturated carbocycles. The maximum absolute atomic E-state index is 12.2. The van der Waals surface area contributed by atoms with Gasteiger partial charge in [-0.25, -0.2) is 9.97 Å². The van der Waals surface area contributed by atoms with Crippen LogP contribution in [0.15, 0.2) is 23.4 Å². The third-order valence-corrected chi connectivity index (χ3v) is 4.05. The first-order valence-corrected chi connectivity index (χ1v) is 7.40. The minimum absolute atomic E-state index is 0.0736. The van der Waals surface area contributed by atoms with Crippen LogP contribution >= 0.6 is 11.6 Å². The normalized spacial score (nSPS) is 11.4. The average Bonchev–Trinajstić information content (AvgIpc) is 2.69. The summed E-state index contributed by atoms with van der Waals surface area (Å²) in [6, 6.07) is 2.26. The number of aromatic nitrogens is 3. The van der Waals surface area contributed by atoms with E-state index in [0.717, 1.165) is 6.07 Å². The molecule has 0 aliphatic rings. The van der Waals surface area contributed by atoms with Gasteiger partial charge in [0.25, 0.3) is 10.0 Å². The number of hydrogen-bond acceptors (Lipinski definition) is 6. The molecule has 0 fully saturated rings. The van der Waals surface area contributed by atoms with E-state index in [9.17, 15) is 18.5 Å².